The van der Waals surface area contributed by atoms with Crippen molar-refractivity contribution in [3.8, 4) is 11.1 Å². The fourth-order valence-electron chi connectivity index (χ4n) is 3.26. The first-order valence-electron chi connectivity index (χ1n) is 10.8. The van der Waals surface area contributed by atoms with Gasteiger partial charge in [-0.3, -0.25) is 4.79 Å². The molecule has 0 radical (unpaired) electrons. The van der Waals surface area contributed by atoms with E-state index in [2.05, 4.69) is 62.0 Å². The van der Waals surface area contributed by atoms with E-state index in [0.717, 1.165) is 34.9 Å². The minimum Gasteiger partial charge on any atom is -0.378 e. The van der Waals surface area contributed by atoms with Crippen LogP contribution in [-0.4, -0.2) is 24.8 Å². The Morgan fingerprint density at radius 2 is 1.55 bits per heavy atom. The van der Waals surface area contributed by atoms with Crippen LogP contribution >= 0.6 is 0 Å². The highest BCUT2D eigenvalue weighted by Gasteiger charge is 2.13. The molecule has 0 unspecified atom stereocenters. The standard InChI is InChI=1S/C23H25NO.2C2H6/c1-5-6-23(25)22-14-12-20-15-19(11-13-21(20)22)18-9-7-17(8-10-18)16(2)24(3)4;2*1-2/h7-13,15H,2,5-6,14H2,1,3-4H3;2*1-2H3. The van der Waals surface area contributed by atoms with E-state index in [1.807, 2.05) is 46.7 Å². The molecular weight excluding hydrogens is 354 g/mol. The van der Waals surface area contributed by atoms with Crippen LogP contribution < -0.4 is 10.4 Å². The molecule has 0 saturated carbocycles. The van der Waals surface area contributed by atoms with Gasteiger partial charge in [-0.15, -0.1) is 0 Å². The van der Waals surface area contributed by atoms with Gasteiger partial charge in [0.15, 0.2) is 5.78 Å². The monoisotopic (exact) mass is 391 g/mol. The van der Waals surface area contributed by atoms with E-state index in [-0.39, 0.29) is 5.78 Å². The summed E-state index contributed by atoms with van der Waals surface area (Å²) in [7, 11) is 4.00. The molecule has 0 N–H and O–H groups in total. The Morgan fingerprint density at radius 1 is 0.966 bits per heavy atom. The van der Waals surface area contributed by atoms with Gasteiger partial charge in [0.1, 0.15) is 0 Å². The highest BCUT2D eigenvalue weighted by atomic mass is 16.1. The summed E-state index contributed by atoms with van der Waals surface area (Å²) in [6, 6.07) is 14.9. The van der Waals surface area contributed by atoms with Crippen LogP contribution in [0.15, 0.2) is 49.0 Å². The Morgan fingerprint density at radius 3 is 2.10 bits per heavy atom. The Balaban J connectivity index is 0.000000989. The summed E-state index contributed by atoms with van der Waals surface area (Å²) >= 11 is 0. The average Bonchev–Trinajstić information content (AvgIpc) is 3.19. The summed E-state index contributed by atoms with van der Waals surface area (Å²) in [5.74, 6) is 0.289. The fraction of sp³-hybridized carbons (Fsp3) is 0.370. The second-order valence-corrected chi connectivity index (χ2v) is 6.78. The molecule has 29 heavy (non-hydrogen) atoms. The Labute approximate surface area is 177 Å². The maximum Gasteiger partial charge on any atom is 0.159 e. The predicted molar refractivity (Wildman–Crippen MR) is 129 cm³/mol. The first-order valence-corrected chi connectivity index (χ1v) is 10.8. The summed E-state index contributed by atoms with van der Waals surface area (Å²) in [6.45, 7) is 14.2. The van der Waals surface area contributed by atoms with Crippen molar-refractivity contribution >= 4 is 23.1 Å². The van der Waals surface area contributed by atoms with Crippen molar-refractivity contribution in [1.29, 1.82) is 0 Å². The van der Waals surface area contributed by atoms with Crippen molar-refractivity contribution in [2.45, 2.75) is 53.9 Å². The van der Waals surface area contributed by atoms with Crippen LogP contribution in [0.4, 0.5) is 0 Å². The van der Waals surface area contributed by atoms with Gasteiger partial charge in [0.25, 0.3) is 0 Å². The minimum absolute atomic E-state index is 0.289. The van der Waals surface area contributed by atoms with Crippen molar-refractivity contribution < 1.29 is 4.79 Å². The first kappa shape index (κ1) is 24.4. The van der Waals surface area contributed by atoms with E-state index in [1.165, 1.54) is 16.3 Å². The minimum atomic E-state index is 0.289. The van der Waals surface area contributed by atoms with Gasteiger partial charge in [0, 0.05) is 31.8 Å². The molecule has 0 spiro atoms. The van der Waals surface area contributed by atoms with Gasteiger partial charge < -0.3 is 4.90 Å². The Bertz CT molecular complexity index is 933. The summed E-state index contributed by atoms with van der Waals surface area (Å²) in [5, 5.41) is 2.29. The zero-order valence-corrected chi connectivity index (χ0v) is 19.3. The number of rotatable bonds is 6. The molecule has 1 aliphatic rings. The first-order chi connectivity index (χ1) is 14.0. The topological polar surface area (TPSA) is 20.3 Å². The largest absolute Gasteiger partial charge is 0.378 e. The zero-order chi connectivity index (χ0) is 22.0. The second kappa shape index (κ2) is 12.1. The van der Waals surface area contributed by atoms with E-state index in [0.29, 0.717) is 6.42 Å². The van der Waals surface area contributed by atoms with Crippen molar-refractivity contribution in [2.24, 2.45) is 0 Å². The molecule has 2 aromatic rings. The number of Topliss-reactive ketones (excluding diaryl/α,β-unsaturated/α-hetero) is 1. The Hall–Kier alpha value is -2.61. The molecular formula is C27H37NO. The van der Waals surface area contributed by atoms with Crippen molar-refractivity contribution in [3.05, 3.63) is 65.0 Å². The van der Waals surface area contributed by atoms with E-state index < -0.39 is 0 Å². The van der Waals surface area contributed by atoms with Crippen LogP contribution in [0.25, 0.3) is 28.5 Å². The van der Waals surface area contributed by atoms with Crippen LogP contribution in [-0.2, 0) is 4.79 Å². The Kier molecular flexibility index (Phi) is 10.2. The van der Waals surface area contributed by atoms with E-state index in [1.54, 1.807) is 0 Å². The lowest BCUT2D eigenvalue weighted by molar-refractivity contribution is -0.114. The highest BCUT2D eigenvalue weighted by Crippen LogP contribution is 2.22. The lowest BCUT2D eigenvalue weighted by Crippen LogP contribution is -2.24. The zero-order valence-electron chi connectivity index (χ0n) is 19.3. The molecule has 2 heteroatoms. The number of nitrogens with zero attached hydrogens (tertiary/aromatic N) is 1. The molecule has 0 aliphatic heterocycles. The highest BCUT2D eigenvalue weighted by molar-refractivity contribution is 6.16. The van der Waals surface area contributed by atoms with Crippen LogP contribution in [0, 0.1) is 0 Å². The van der Waals surface area contributed by atoms with E-state index in [9.17, 15) is 4.79 Å². The molecule has 3 rings (SSSR count). The average molecular weight is 392 g/mol. The molecule has 2 aromatic carbocycles. The van der Waals surface area contributed by atoms with Crippen LogP contribution in [0.1, 0.15) is 59.4 Å². The van der Waals surface area contributed by atoms with Gasteiger partial charge >= 0.3 is 0 Å². The third-order valence-corrected chi connectivity index (χ3v) is 4.81. The number of carbonyl (C=O) groups excluding carboxylic acids is 1. The quantitative estimate of drug-likeness (QED) is 0.635. The third kappa shape index (κ3) is 5.93. The van der Waals surface area contributed by atoms with Crippen LogP contribution in [0.2, 0.25) is 0 Å². The van der Waals surface area contributed by atoms with Gasteiger partial charge in [0.05, 0.1) is 0 Å². The van der Waals surface area contributed by atoms with Gasteiger partial charge in [-0.05, 0) is 46.0 Å². The van der Waals surface area contributed by atoms with Crippen molar-refractivity contribution in [3.63, 3.8) is 0 Å². The summed E-state index contributed by atoms with van der Waals surface area (Å²) < 4.78 is 0. The van der Waals surface area contributed by atoms with E-state index >= 15 is 0 Å². The number of carbonyl (C=O) groups is 1. The number of hydrogen-bond donors (Lipinski definition) is 0. The molecule has 156 valence electrons. The number of hydrogen-bond acceptors (Lipinski definition) is 2. The predicted octanol–water partition coefficient (Wildman–Crippen LogP) is 5.64. The summed E-state index contributed by atoms with van der Waals surface area (Å²) in [4.78, 5) is 14.3. The van der Waals surface area contributed by atoms with Gasteiger partial charge in [-0.1, -0.05) is 83.7 Å². The molecule has 2 nitrogen and oxygen atoms in total. The molecule has 0 bridgehead atoms. The molecule has 1 aliphatic carbocycles. The molecule has 0 fully saturated rings. The second-order valence-electron chi connectivity index (χ2n) is 6.78. The molecule has 0 atom stereocenters. The summed E-state index contributed by atoms with van der Waals surface area (Å²) in [6.07, 6.45) is 4.48. The van der Waals surface area contributed by atoms with Crippen LogP contribution in [0.5, 0.6) is 0 Å². The number of benzene rings is 2. The van der Waals surface area contributed by atoms with Crippen molar-refractivity contribution in [2.75, 3.05) is 14.1 Å². The van der Waals surface area contributed by atoms with Crippen molar-refractivity contribution in [1.82, 2.24) is 4.90 Å². The smallest absolute Gasteiger partial charge is 0.159 e. The van der Waals surface area contributed by atoms with Crippen LogP contribution in [0.3, 0.4) is 0 Å². The summed E-state index contributed by atoms with van der Waals surface area (Å²) in [5.41, 5.74) is 5.46. The molecule has 0 amide bonds. The third-order valence-electron chi connectivity index (χ3n) is 4.81. The van der Waals surface area contributed by atoms with E-state index in [4.69, 9.17) is 0 Å². The maximum absolute atomic E-state index is 12.3. The molecule has 0 aromatic heterocycles. The lowest BCUT2D eigenvalue weighted by atomic mass is 10.0. The van der Waals surface area contributed by atoms with Gasteiger partial charge in [0.2, 0.25) is 0 Å². The normalized spacial score (nSPS) is 11.2. The van der Waals surface area contributed by atoms with Gasteiger partial charge in [-0.2, -0.15) is 0 Å². The fourth-order valence-corrected chi connectivity index (χ4v) is 3.26. The number of fused-ring (bicyclic) bond motifs is 1. The molecule has 0 saturated heterocycles. The SMILES string of the molecule is C=C(c1ccc(-c2ccc3c(c2)=CCC=3C(=O)CCC)cc1)N(C)C.CC.CC. The maximum atomic E-state index is 12.3. The number of ketones is 1. The van der Waals surface area contributed by atoms with Gasteiger partial charge in [-0.25, -0.2) is 0 Å². The molecule has 0 heterocycles. The lowest BCUT2D eigenvalue weighted by Gasteiger charge is -2.16.